The minimum absolute atomic E-state index is 0.0359. The zero-order chi connectivity index (χ0) is 13.9. The van der Waals surface area contributed by atoms with Crippen molar-refractivity contribution in [3.05, 3.63) is 0 Å². The molecule has 0 aromatic carbocycles. The Kier molecular flexibility index (Phi) is 10.6. The molecule has 0 amide bonds. The molecule has 0 aliphatic rings. The highest BCUT2D eigenvalue weighted by Crippen LogP contribution is 2.23. The van der Waals surface area contributed by atoms with Gasteiger partial charge in [-0.25, -0.2) is 9.78 Å². The van der Waals surface area contributed by atoms with E-state index < -0.39 is 5.97 Å². The molecule has 18 heavy (non-hydrogen) atoms. The number of ether oxygens (including phenoxy) is 3. The Morgan fingerprint density at radius 2 is 1.72 bits per heavy atom. The standard InChI is InChI=1S/C13H28O5/c1-6-10-16-17-11-8-9-13(14-5,15-7-2)18-12(3)4/h12H,6-11H2,1-5H3. The summed E-state index contributed by atoms with van der Waals surface area (Å²) in [4.78, 5) is 9.98. The Morgan fingerprint density at radius 1 is 1.06 bits per heavy atom. The number of methoxy groups -OCH3 is 1. The van der Waals surface area contributed by atoms with Crippen molar-refractivity contribution in [1.29, 1.82) is 0 Å². The normalized spacial score (nSPS) is 15.0. The summed E-state index contributed by atoms with van der Waals surface area (Å²) < 4.78 is 16.7. The predicted molar refractivity (Wildman–Crippen MR) is 69.0 cm³/mol. The third-order valence-corrected chi connectivity index (χ3v) is 2.17. The van der Waals surface area contributed by atoms with E-state index in [1.807, 2.05) is 27.7 Å². The Hall–Kier alpha value is -0.200. The van der Waals surface area contributed by atoms with Gasteiger partial charge in [0.05, 0.1) is 19.3 Å². The summed E-state index contributed by atoms with van der Waals surface area (Å²) in [5.41, 5.74) is 0. The number of hydrogen-bond acceptors (Lipinski definition) is 5. The summed E-state index contributed by atoms with van der Waals surface area (Å²) in [6, 6.07) is 0. The van der Waals surface area contributed by atoms with Crippen LogP contribution in [0, 0.1) is 0 Å². The first-order chi connectivity index (χ1) is 8.60. The van der Waals surface area contributed by atoms with E-state index in [2.05, 4.69) is 0 Å². The van der Waals surface area contributed by atoms with Crippen molar-refractivity contribution in [2.75, 3.05) is 26.9 Å². The number of hydrogen-bond donors (Lipinski definition) is 0. The fraction of sp³-hybridized carbons (Fsp3) is 1.00. The van der Waals surface area contributed by atoms with Crippen LogP contribution in [0.4, 0.5) is 0 Å². The van der Waals surface area contributed by atoms with Crippen LogP contribution < -0.4 is 0 Å². The van der Waals surface area contributed by atoms with Crippen molar-refractivity contribution in [1.82, 2.24) is 0 Å². The monoisotopic (exact) mass is 264 g/mol. The molecule has 0 aliphatic heterocycles. The highest BCUT2D eigenvalue weighted by atomic mass is 17.2. The van der Waals surface area contributed by atoms with Crippen molar-refractivity contribution in [3.63, 3.8) is 0 Å². The van der Waals surface area contributed by atoms with Gasteiger partial charge in [-0.3, -0.25) is 0 Å². The molecule has 0 radical (unpaired) electrons. The molecule has 5 nitrogen and oxygen atoms in total. The van der Waals surface area contributed by atoms with Crippen molar-refractivity contribution in [2.45, 2.75) is 59.0 Å². The zero-order valence-electron chi connectivity index (χ0n) is 12.4. The summed E-state index contributed by atoms with van der Waals surface area (Å²) in [6.45, 7) is 9.50. The first-order valence-electron chi connectivity index (χ1n) is 6.71. The average Bonchev–Trinajstić information content (AvgIpc) is 2.33. The molecule has 0 spiro atoms. The van der Waals surface area contributed by atoms with Crippen LogP contribution in [0.5, 0.6) is 0 Å². The highest BCUT2D eigenvalue weighted by Gasteiger charge is 2.32. The predicted octanol–water partition coefficient (Wildman–Crippen LogP) is 2.89. The Labute approximate surface area is 111 Å². The lowest BCUT2D eigenvalue weighted by Gasteiger charge is -2.33. The van der Waals surface area contributed by atoms with E-state index in [4.69, 9.17) is 24.0 Å². The van der Waals surface area contributed by atoms with E-state index in [1.54, 1.807) is 7.11 Å². The van der Waals surface area contributed by atoms with Crippen molar-refractivity contribution >= 4 is 0 Å². The molecule has 0 aliphatic carbocycles. The van der Waals surface area contributed by atoms with Crippen LogP contribution in [0.2, 0.25) is 0 Å². The molecule has 0 rings (SSSR count). The van der Waals surface area contributed by atoms with Crippen LogP contribution >= 0.6 is 0 Å². The molecular weight excluding hydrogens is 236 g/mol. The number of rotatable bonds is 12. The molecule has 110 valence electrons. The van der Waals surface area contributed by atoms with Gasteiger partial charge in [-0.05, 0) is 33.6 Å². The van der Waals surface area contributed by atoms with Gasteiger partial charge in [-0.15, -0.1) is 0 Å². The van der Waals surface area contributed by atoms with E-state index in [0.717, 1.165) is 12.8 Å². The summed E-state index contributed by atoms with van der Waals surface area (Å²) >= 11 is 0. The maximum absolute atomic E-state index is 5.71. The van der Waals surface area contributed by atoms with Crippen LogP contribution in [0.3, 0.4) is 0 Å². The van der Waals surface area contributed by atoms with Gasteiger partial charge in [-0.1, -0.05) is 6.92 Å². The summed E-state index contributed by atoms with van der Waals surface area (Å²) in [5, 5.41) is 0. The topological polar surface area (TPSA) is 46.2 Å². The molecule has 0 saturated carbocycles. The molecule has 0 bridgehead atoms. The lowest BCUT2D eigenvalue weighted by Crippen LogP contribution is -2.40. The molecule has 0 fully saturated rings. The Balaban J connectivity index is 3.99. The van der Waals surface area contributed by atoms with Gasteiger partial charge in [0.25, 0.3) is 5.97 Å². The SMILES string of the molecule is CCCOOCCCC(OC)(OCC)OC(C)C. The second-order valence-electron chi connectivity index (χ2n) is 4.23. The summed E-state index contributed by atoms with van der Waals surface area (Å²) in [6.07, 6.45) is 2.32. The molecule has 0 aromatic heterocycles. The molecule has 0 heterocycles. The largest absolute Gasteiger partial charge is 0.331 e. The van der Waals surface area contributed by atoms with E-state index in [0.29, 0.717) is 26.2 Å². The van der Waals surface area contributed by atoms with Crippen LogP contribution in [0.25, 0.3) is 0 Å². The Morgan fingerprint density at radius 3 is 2.22 bits per heavy atom. The first kappa shape index (κ1) is 17.8. The van der Waals surface area contributed by atoms with Crippen LogP contribution in [-0.2, 0) is 24.0 Å². The molecule has 1 unspecified atom stereocenters. The average molecular weight is 264 g/mol. The highest BCUT2D eigenvalue weighted by molar-refractivity contribution is 4.59. The first-order valence-corrected chi connectivity index (χ1v) is 6.71. The van der Waals surface area contributed by atoms with Crippen molar-refractivity contribution < 1.29 is 24.0 Å². The fourth-order valence-corrected chi connectivity index (χ4v) is 1.50. The van der Waals surface area contributed by atoms with Gasteiger partial charge in [0.2, 0.25) is 0 Å². The smallest absolute Gasteiger partial charge is 0.282 e. The van der Waals surface area contributed by atoms with Gasteiger partial charge in [-0.2, -0.15) is 0 Å². The van der Waals surface area contributed by atoms with Gasteiger partial charge in [0.15, 0.2) is 0 Å². The molecule has 0 aromatic rings. The third kappa shape index (κ3) is 8.00. The molecule has 1 atom stereocenters. The van der Waals surface area contributed by atoms with Gasteiger partial charge in [0.1, 0.15) is 0 Å². The lowest BCUT2D eigenvalue weighted by molar-refractivity contribution is -0.386. The molecular formula is C13H28O5. The van der Waals surface area contributed by atoms with Crippen LogP contribution in [0.15, 0.2) is 0 Å². The summed E-state index contributed by atoms with van der Waals surface area (Å²) in [7, 11) is 1.59. The van der Waals surface area contributed by atoms with Crippen LogP contribution in [-0.4, -0.2) is 39.0 Å². The van der Waals surface area contributed by atoms with E-state index in [-0.39, 0.29) is 6.10 Å². The van der Waals surface area contributed by atoms with Crippen molar-refractivity contribution in [2.24, 2.45) is 0 Å². The fourth-order valence-electron chi connectivity index (χ4n) is 1.50. The van der Waals surface area contributed by atoms with Crippen LogP contribution in [0.1, 0.15) is 47.0 Å². The molecule has 5 heteroatoms. The second kappa shape index (κ2) is 10.7. The van der Waals surface area contributed by atoms with E-state index in [9.17, 15) is 0 Å². The van der Waals surface area contributed by atoms with E-state index >= 15 is 0 Å². The quantitative estimate of drug-likeness (QED) is 0.235. The second-order valence-corrected chi connectivity index (χ2v) is 4.23. The van der Waals surface area contributed by atoms with E-state index in [1.165, 1.54) is 0 Å². The zero-order valence-corrected chi connectivity index (χ0v) is 12.4. The Bertz CT molecular complexity index is 186. The van der Waals surface area contributed by atoms with Gasteiger partial charge in [0, 0.05) is 20.1 Å². The van der Waals surface area contributed by atoms with Crippen molar-refractivity contribution in [3.8, 4) is 0 Å². The minimum atomic E-state index is -0.975. The maximum atomic E-state index is 5.71. The maximum Gasteiger partial charge on any atom is 0.282 e. The lowest BCUT2D eigenvalue weighted by atomic mass is 10.2. The van der Waals surface area contributed by atoms with Gasteiger partial charge < -0.3 is 14.2 Å². The third-order valence-electron chi connectivity index (χ3n) is 2.17. The van der Waals surface area contributed by atoms with Gasteiger partial charge >= 0.3 is 0 Å². The molecule has 0 N–H and O–H groups in total. The minimum Gasteiger partial charge on any atom is -0.331 e. The molecule has 0 saturated heterocycles. The summed E-state index contributed by atoms with van der Waals surface area (Å²) in [5.74, 6) is -0.975.